The van der Waals surface area contributed by atoms with Gasteiger partial charge in [0.25, 0.3) is 5.91 Å². The number of aryl methyl sites for hydroxylation is 1. The maximum absolute atomic E-state index is 12.4. The summed E-state index contributed by atoms with van der Waals surface area (Å²) in [6.45, 7) is 5.58. The summed E-state index contributed by atoms with van der Waals surface area (Å²) < 4.78 is 5.48. The molecule has 4 rings (SSSR count). The molecule has 1 saturated heterocycles. The Morgan fingerprint density at radius 2 is 1.85 bits per heavy atom. The Hall–Kier alpha value is -2.95. The highest BCUT2D eigenvalue weighted by molar-refractivity contribution is 6.31. The van der Waals surface area contributed by atoms with Gasteiger partial charge in [0.15, 0.2) is 0 Å². The number of methoxy groups -OCH3 is 1. The van der Waals surface area contributed by atoms with Crippen molar-refractivity contribution in [1.29, 1.82) is 0 Å². The van der Waals surface area contributed by atoms with Gasteiger partial charge in [0.05, 0.1) is 18.4 Å². The quantitative estimate of drug-likeness (QED) is 0.865. The molecule has 0 radical (unpaired) electrons. The van der Waals surface area contributed by atoms with Crippen molar-refractivity contribution in [2.24, 2.45) is 0 Å². The highest BCUT2D eigenvalue weighted by Crippen LogP contribution is 2.33. The average Bonchev–Trinajstić information content (AvgIpc) is 2.97. The lowest BCUT2D eigenvalue weighted by Crippen LogP contribution is -2.44. The number of nitrogens with one attached hydrogen (secondary N) is 1. The molecule has 1 amide bonds. The van der Waals surface area contributed by atoms with Gasteiger partial charge in [0.1, 0.15) is 5.75 Å². The van der Waals surface area contributed by atoms with E-state index >= 15 is 0 Å². The van der Waals surface area contributed by atoms with Crippen LogP contribution in [0.3, 0.4) is 0 Å². The molecule has 26 heavy (non-hydrogen) atoms. The van der Waals surface area contributed by atoms with Crippen molar-refractivity contribution in [1.82, 2.24) is 4.90 Å². The van der Waals surface area contributed by atoms with Gasteiger partial charge >= 0.3 is 0 Å². The Kier molecular flexibility index (Phi) is 4.29. The summed E-state index contributed by atoms with van der Waals surface area (Å²) in [4.78, 5) is 16.9. The van der Waals surface area contributed by atoms with E-state index in [1.54, 1.807) is 7.11 Å². The van der Waals surface area contributed by atoms with E-state index in [0.29, 0.717) is 0 Å². The van der Waals surface area contributed by atoms with Crippen LogP contribution >= 0.6 is 0 Å². The maximum atomic E-state index is 12.4. The van der Waals surface area contributed by atoms with Crippen LogP contribution in [0.5, 0.6) is 5.75 Å². The zero-order valence-electron chi connectivity index (χ0n) is 15.2. The van der Waals surface area contributed by atoms with Crippen LogP contribution in [0.1, 0.15) is 11.1 Å². The van der Waals surface area contributed by atoms with E-state index in [1.165, 1.54) is 0 Å². The minimum atomic E-state index is -0.0160. The Morgan fingerprint density at radius 3 is 2.62 bits per heavy atom. The van der Waals surface area contributed by atoms with E-state index in [-0.39, 0.29) is 5.91 Å². The number of hydrogen-bond donors (Lipinski definition) is 1. The van der Waals surface area contributed by atoms with Gasteiger partial charge < -0.3 is 19.9 Å². The number of anilines is 2. The number of fused-ring (bicyclic) bond motifs is 1. The van der Waals surface area contributed by atoms with E-state index in [2.05, 4.69) is 27.2 Å². The molecule has 2 heterocycles. The van der Waals surface area contributed by atoms with Crippen LogP contribution in [-0.2, 0) is 4.79 Å². The molecule has 1 N–H and O–H groups in total. The molecule has 0 spiro atoms. The summed E-state index contributed by atoms with van der Waals surface area (Å²) in [5, 5.41) is 2.95. The number of piperazine rings is 1. The molecular weight excluding hydrogens is 326 g/mol. The van der Waals surface area contributed by atoms with Crippen LogP contribution in [0.4, 0.5) is 11.4 Å². The van der Waals surface area contributed by atoms with Gasteiger partial charge in [-0.2, -0.15) is 0 Å². The normalized spacial score (nSPS) is 18.1. The molecule has 134 valence electrons. The van der Waals surface area contributed by atoms with Crippen molar-refractivity contribution >= 4 is 22.9 Å². The number of carbonyl (C=O) groups is 1. The largest absolute Gasteiger partial charge is 0.495 e. The second-order valence-electron chi connectivity index (χ2n) is 6.74. The number of ether oxygens (including phenoxy) is 1. The van der Waals surface area contributed by atoms with Crippen LogP contribution in [0, 0.1) is 6.92 Å². The third-order valence-corrected chi connectivity index (χ3v) is 5.01. The maximum Gasteiger partial charge on any atom is 0.257 e. The Bertz CT molecular complexity index is 867. The standard InChI is InChI=1S/C21H23N3O2/c1-15-7-8-18-16(13-15)17(21(25)22-18)14-23-9-11-24(12-10-23)19-5-3-4-6-20(19)26-2/h3-8,13-14H,9-12H2,1-2H3,(H,22,25)/b17-14+. The number of para-hydroxylation sites is 2. The highest BCUT2D eigenvalue weighted by Gasteiger charge is 2.26. The van der Waals surface area contributed by atoms with Gasteiger partial charge in [-0.1, -0.05) is 23.8 Å². The first kappa shape index (κ1) is 16.5. The van der Waals surface area contributed by atoms with Gasteiger partial charge in [0.2, 0.25) is 0 Å². The molecule has 1 fully saturated rings. The van der Waals surface area contributed by atoms with Crippen molar-refractivity contribution in [3.8, 4) is 5.75 Å². The molecule has 0 bridgehead atoms. The molecule has 0 unspecified atom stereocenters. The first-order valence-corrected chi connectivity index (χ1v) is 8.92. The van der Waals surface area contributed by atoms with Crippen molar-refractivity contribution in [3.63, 3.8) is 0 Å². The summed E-state index contributed by atoms with van der Waals surface area (Å²) in [6, 6.07) is 14.2. The molecule has 2 aromatic rings. The van der Waals surface area contributed by atoms with Crippen molar-refractivity contribution in [2.45, 2.75) is 6.92 Å². The van der Waals surface area contributed by atoms with Crippen LogP contribution in [-0.4, -0.2) is 44.1 Å². The van der Waals surface area contributed by atoms with Gasteiger partial charge in [-0.25, -0.2) is 0 Å². The van der Waals surface area contributed by atoms with Crippen LogP contribution in [0.2, 0.25) is 0 Å². The molecular formula is C21H23N3O2. The second-order valence-corrected chi connectivity index (χ2v) is 6.74. The van der Waals surface area contributed by atoms with Crippen molar-refractivity contribution in [3.05, 3.63) is 59.8 Å². The second kappa shape index (κ2) is 6.75. The molecule has 5 nitrogen and oxygen atoms in total. The summed E-state index contributed by atoms with van der Waals surface area (Å²) in [6.07, 6.45) is 2.01. The van der Waals surface area contributed by atoms with E-state index < -0.39 is 0 Å². The topological polar surface area (TPSA) is 44.8 Å². The van der Waals surface area contributed by atoms with Crippen molar-refractivity contribution < 1.29 is 9.53 Å². The van der Waals surface area contributed by atoms with E-state index in [9.17, 15) is 4.79 Å². The van der Waals surface area contributed by atoms with E-state index in [0.717, 1.165) is 60.0 Å². The predicted octanol–water partition coefficient (Wildman–Crippen LogP) is 3.12. The minimum Gasteiger partial charge on any atom is -0.495 e. The first-order chi connectivity index (χ1) is 12.7. The lowest BCUT2D eigenvalue weighted by atomic mass is 10.1. The molecule has 0 aromatic heterocycles. The fourth-order valence-electron chi connectivity index (χ4n) is 3.60. The number of benzene rings is 2. The molecule has 0 saturated carbocycles. The molecule has 2 aliphatic rings. The Balaban J connectivity index is 1.50. The number of nitrogens with zero attached hydrogens (tertiary/aromatic N) is 2. The fourth-order valence-corrected chi connectivity index (χ4v) is 3.60. The van der Waals surface area contributed by atoms with E-state index in [1.807, 2.05) is 43.5 Å². The summed E-state index contributed by atoms with van der Waals surface area (Å²) >= 11 is 0. The van der Waals surface area contributed by atoms with Gasteiger partial charge in [-0.15, -0.1) is 0 Å². The molecule has 0 aliphatic carbocycles. The Labute approximate surface area is 153 Å². The summed E-state index contributed by atoms with van der Waals surface area (Å²) in [5.41, 5.74) is 4.95. The van der Waals surface area contributed by atoms with Gasteiger partial charge in [-0.05, 0) is 31.2 Å². The third-order valence-electron chi connectivity index (χ3n) is 5.01. The molecule has 2 aromatic carbocycles. The monoisotopic (exact) mass is 349 g/mol. The minimum absolute atomic E-state index is 0.0160. The van der Waals surface area contributed by atoms with E-state index in [4.69, 9.17) is 4.74 Å². The fraction of sp³-hybridized carbons (Fsp3) is 0.286. The number of carbonyl (C=O) groups excluding carboxylic acids is 1. The van der Waals surface area contributed by atoms with Gasteiger partial charge in [-0.3, -0.25) is 4.79 Å². The third kappa shape index (κ3) is 3.01. The zero-order valence-corrected chi connectivity index (χ0v) is 15.2. The lowest BCUT2D eigenvalue weighted by Gasteiger charge is -2.36. The number of amides is 1. The molecule has 0 atom stereocenters. The summed E-state index contributed by atoms with van der Waals surface area (Å²) in [5.74, 6) is 0.886. The Morgan fingerprint density at radius 1 is 1.08 bits per heavy atom. The van der Waals surface area contributed by atoms with Crippen molar-refractivity contribution in [2.75, 3.05) is 43.5 Å². The lowest BCUT2D eigenvalue weighted by molar-refractivity contribution is -0.110. The average molecular weight is 349 g/mol. The first-order valence-electron chi connectivity index (χ1n) is 8.92. The van der Waals surface area contributed by atoms with Crippen LogP contribution in [0.25, 0.3) is 5.57 Å². The zero-order chi connectivity index (χ0) is 18.1. The number of rotatable bonds is 3. The highest BCUT2D eigenvalue weighted by atomic mass is 16.5. The summed E-state index contributed by atoms with van der Waals surface area (Å²) in [7, 11) is 1.71. The molecule has 5 heteroatoms. The van der Waals surface area contributed by atoms with Gasteiger partial charge in [0, 0.05) is 43.6 Å². The predicted molar refractivity (Wildman–Crippen MR) is 105 cm³/mol. The molecule has 2 aliphatic heterocycles. The van der Waals surface area contributed by atoms with Crippen LogP contribution < -0.4 is 15.0 Å². The SMILES string of the molecule is COc1ccccc1N1CCN(/C=C2/C(=O)Nc3ccc(C)cc32)CC1. The number of hydrogen-bond acceptors (Lipinski definition) is 4. The smallest absolute Gasteiger partial charge is 0.257 e. The van der Waals surface area contributed by atoms with Crippen LogP contribution in [0.15, 0.2) is 48.7 Å².